The second kappa shape index (κ2) is 9.74. The fourth-order valence-electron chi connectivity index (χ4n) is 2.00. The number of aryl methyl sites for hydroxylation is 1. The molecule has 0 spiro atoms. The zero-order valence-electron chi connectivity index (χ0n) is 14.0. The van der Waals surface area contributed by atoms with E-state index in [0.717, 1.165) is 11.1 Å². The second-order valence-corrected chi connectivity index (χ2v) is 6.23. The summed E-state index contributed by atoms with van der Waals surface area (Å²) in [6.45, 7) is 1.63. The molecule has 0 bridgehead atoms. The maximum atomic E-state index is 11.9. The number of carbonyl (C=O) groups excluding carboxylic acids is 2. The molecule has 0 atom stereocenters. The first kappa shape index (κ1) is 19.7. The topological polar surface area (TPSA) is 79.5 Å². The number of amides is 2. The van der Waals surface area contributed by atoms with Crippen molar-refractivity contribution in [3.63, 3.8) is 0 Å². The highest BCUT2D eigenvalue weighted by molar-refractivity contribution is 7.80. The Morgan fingerprint density at radius 1 is 1.08 bits per heavy atom. The largest absolute Gasteiger partial charge is 0.484 e. The molecule has 0 aliphatic carbocycles. The molecular formula is C18H18ClN3O3S. The highest BCUT2D eigenvalue weighted by Gasteiger charge is 2.08. The van der Waals surface area contributed by atoms with Gasteiger partial charge < -0.3 is 10.1 Å². The Kier molecular flexibility index (Phi) is 7.37. The molecule has 0 fully saturated rings. The van der Waals surface area contributed by atoms with Crippen LogP contribution in [-0.2, 0) is 16.0 Å². The fourth-order valence-corrected chi connectivity index (χ4v) is 2.28. The summed E-state index contributed by atoms with van der Waals surface area (Å²) in [7, 11) is 0. The van der Waals surface area contributed by atoms with E-state index in [9.17, 15) is 9.59 Å². The normalized spacial score (nSPS) is 9.92. The minimum atomic E-state index is -0.447. The summed E-state index contributed by atoms with van der Waals surface area (Å²) in [5, 5.41) is 3.11. The lowest BCUT2D eigenvalue weighted by Gasteiger charge is -2.12. The van der Waals surface area contributed by atoms with Crippen LogP contribution in [0.4, 0.5) is 0 Å². The Bertz CT molecular complexity index is 800. The monoisotopic (exact) mass is 391 g/mol. The third-order valence-electron chi connectivity index (χ3n) is 3.28. The van der Waals surface area contributed by atoms with Gasteiger partial charge in [0.25, 0.3) is 5.91 Å². The number of hydrogen-bond donors (Lipinski definition) is 3. The van der Waals surface area contributed by atoms with E-state index in [-0.39, 0.29) is 24.0 Å². The first-order chi connectivity index (χ1) is 12.4. The molecule has 0 aliphatic rings. The van der Waals surface area contributed by atoms with Crippen LogP contribution in [0.1, 0.15) is 11.1 Å². The molecule has 0 aliphatic heterocycles. The summed E-state index contributed by atoms with van der Waals surface area (Å²) in [6, 6.07) is 14.3. The number of nitrogens with one attached hydrogen (secondary N) is 3. The van der Waals surface area contributed by atoms with E-state index in [0.29, 0.717) is 10.8 Å². The Morgan fingerprint density at radius 3 is 2.50 bits per heavy atom. The zero-order chi connectivity index (χ0) is 18.9. The molecule has 2 rings (SSSR count). The number of hydrogen-bond acceptors (Lipinski definition) is 4. The van der Waals surface area contributed by atoms with Gasteiger partial charge in [0.15, 0.2) is 11.7 Å². The van der Waals surface area contributed by atoms with E-state index in [1.165, 1.54) is 0 Å². The second-order valence-electron chi connectivity index (χ2n) is 5.41. The van der Waals surface area contributed by atoms with Crippen LogP contribution in [0, 0.1) is 6.92 Å². The maximum Gasteiger partial charge on any atom is 0.276 e. The van der Waals surface area contributed by atoms with Gasteiger partial charge in [0.05, 0.1) is 6.42 Å². The van der Waals surface area contributed by atoms with E-state index >= 15 is 0 Å². The molecular weight excluding hydrogens is 374 g/mol. The molecule has 6 nitrogen and oxygen atoms in total. The average Bonchev–Trinajstić information content (AvgIpc) is 2.61. The predicted molar refractivity (Wildman–Crippen MR) is 104 cm³/mol. The van der Waals surface area contributed by atoms with Gasteiger partial charge in [-0.05, 0) is 48.5 Å². The number of rotatable bonds is 5. The molecule has 2 aromatic rings. The van der Waals surface area contributed by atoms with Crippen molar-refractivity contribution in [3.8, 4) is 5.75 Å². The minimum absolute atomic E-state index is 0.00150. The lowest BCUT2D eigenvalue weighted by Crippen LogP contribution is -2.49. The van der Waals surface area contributed by atoms with Crippen LogP contribution in [-0.4, -0.2) is 23.5 Å². The van der Waals surface area contributed by atoms with Gasteiger partial charge in [-0.15, -0.1) is 0 Å². The van der Waals surface area contributed by atoms with Gasteiger partial charge in [0.2, 0.25) is 5.91 Å². The van der Waals surface area contributed by atoms with Crippen molar-refractivity contribution in [2.45, 2.75) is 13.3 Å². The molecule has 8 heteroatoms. The number of carbonyl (C=O) groups is 2. The molecule has 26 heavy (non-hydrogen) atoms. The number of benzene rings is 2. The minimum Gasteiger partial charge on any atom is -0.484 e. The van der Waals surface area contributed by atoms with E-state index in [1.807, 2.05) is 37.3 Å². The average molecular weight is 392 g/mol. The van der Waals surface area contributed by atoms with Gasteiger partial charge in [0.1, 0.15) is 5.75 Å². The Balaban J connectivity index is 1.68. The van der Waals surface area contributed by atoms with Crippen molar-refractivity contribution in [2.24, 2.45) is 0 Å². The number of hydrazine groups is 1. The highest BCUT2D eigenvalue weighted by Crippen LogP contribution is 2.20. The van der Waals surface area contributed by atoms with E-state index in [2.05, 4.69) is 16.2 Å². The number of halogens is 1. The van der Waals surface area contributed by atoms with Crippen molar-refractivity contribution in [3.05, 3.63) is 64.7 Å². The summed E-state index contributed by atoms with van der Waals surface area (Å²) in [6.07, 6.45) is 0.190. The summed E-state index contributed by atoms with van der Waals surface area (Å²) in [5.41, 5.74) is 6.52. The van der Waals surface area contributed by atoms with Crippen LogP contribution in [0.3, 0.4) is 0 Å². The van der Waals surface area contributed by atoms with Crippen molar-refractivity contribution >= 4 is 40.7 Å². The third-order valence-corrected chi connectivity index (χ3v) is 3.90. The zero-order valence-corrected chi connectivity index (χ0v) is 15.6. The highest BCUT2D eigenvalue weighted by atomic mass is 35.5. The number of thiocarbonyl (C=S) groups is 1. The third kappa shape index (κ3) is 6.70. The van der Waals surface area contributed by atoms with Crippen molar-refractivity contribution in [1.29, 1.82) is 0 Å². The van der Waals surface area contributed by atoms with E-state index in [4.69, 9.17) is 28.6 Å². The van der Waals surface area contributed by atoms with Gasteiger partial charge >= 0.3 is 0 Å². The number of ether oxygens (including phenoxy) is 1. The molecule has 3 N–H and O–H groups in total. The smallest absolute Gasteiger partial charge is 0.276 e. The lowest BCUT2D eigenvalue weighted by atomic mass is 10.1. The predicted octanol–water partition coefficient (Wildman–Crippen LogP) is 2.29. The molecule has 0 saturated carbocycles. The molecule has 0 saturated heterocycles. The molecule has 136 valence electrons. The summed E-state index contributed by atoms with van der Waals surface area (Å²) < 4.78 is 5.35. The van der Waals surface area contributed by atoms with Crippen molar-refractivity contribution in [1.82, 2.24) is 16.2 Å². The Labute approximate surface area is 161 Å². The van der Waals surface area contributed by atoms with E-state index < -0.39 is 5.91 Å². The van der Waals surface area contributed by atoms with E-state index in [1.54, 1.807) is 18.2 Å². The quantitative estimate of drug-likeness (QED) is 0.538. The Morgan fingerprint density at radius 2 is 1.81 bits per heavy atom. The lowest BCUT2D eigenvalue weighted by molar-refractivity contribution is -0.124. The summed E-state index contributed by atoms with van der Waals surface area (Å²) in [5.74, 6) is -0.200. The molecule has 0 aromatic heterocycles. The van der Waals surface area contributed by atoms with Crippen LogP contribution >= 0.6 is 23.8 Å². The molecule has 0 radical (unpaired) electrons. The van der Waals surface area contributed by atoms with Gasteiger partial charge in [-0.2, -0.15) is 0 Å². The molecule has 2 aromatic carbocycles. The van der Waals surface area contributed by atoms with Gasteiger partial charge in [-0.1, -0.05) is 41.9 Å². The standard InChI is InChI=1S/C18H18ClN3O3S/c1-12-9-14(7-8-15(12)19)25-11-17(24)21-22-18(26)20-16(23)10-13-5-3-2-4-6-13/h2-9H,10-11H2,1H3,(H,21,24)(H2,20,22,23,26). The summed E-state index contributed by atoms with van der Waals surface area (Å²) in [4.78, 5) is 23.6. The molecule has 0 unspecified atom stereocenters. The van der Waals surface area contributed by atoms with Crippen LogP contribution in [0.2, 0.25) is 5.02 Å². The van der Waals surface area contributed by atoms with Crippen LogP contribution in [0.5, 0.6) is 5.75 Å². The molecule has 0 heterocycles. The SMILES string of the molecule is Cc1cc(OCC(=O)NNC(=S)NC(=O)Cc2ccccc2)ccc1Cl. The van der Waals surface area contributed by atoms with Gasteiger partial charge in [-0.3, -0.25) is 20.4 Å². The Hall–Kier alpha value is -2.64. The maximum absolute atomic E-state index is 11.9. The first-order valence-electron chi connectivity index (χ1n) is 7.75. The van der Waals surface area contributed by atoms with Gasteiger partial charge in [-0.25, -0.2) is 0 Å². The molecule has 2 amide bonds. The first-order valence-corrected chi connectivity index (χ1v) is 8.54. The fraction of sp³-hybridized carbons (Fsp3) is 0.167. The van der Waals surface area contributed by atoms with Crippen molar-refractivity contribution < 1.29 is 14.3 Å². The summed E-state index contributed by atoms with van der Waals surface area (Å²) >= 11 is 10.9. The van der Waals surface area contributed by atoms with Crippen LogP contribution < -0.4 is 20.9 Å². The van der Waals surface area contributed by atoms with Crippen LogP contribution in [0.15, 0.2) is 48.5 Å². The van der Waals surface area contributed by atoms with Gasteiger partial charge in [0, 0.05) is 5.02 Å². The van der Waals surface area contributed by atoms with Crippen LogP contribution in [0.25, 0.3) is 0 Å². The van der Waals surface area contributed by atoms with Crippen molar-refractivity contribution in [2.75, 3.05) is 6.61 Å².